The number of nitrogens with one attached hydrogen (secondary N) is 1. The standard InChI is InChI=1S/C9H8F3NO4/c1-16-7-3-2-5(17-9(10,11)12)4-6(7)13-8(14)15/h2-4,13H,1H3,(H,14,15). The predicted octanol–water partition coefficient (Wildman–Crippen LogP) is 2.68. The van der Waals surface area contributed by atoms with Crippen LogP contribution < -0.4 is 14.8 Å². The fourth-order valence-corrected chi connectivity index (χ4v) is 1.10. The highest BCUT2D eigenvalue weighted by Gasteiger charge is 2.31. The fourth-order valence-electron chi connectivity index (χ4n) is 1.10. The van der Waals surface area contributed by atoms with Gasteiger partial charge in [-0.25, -0.2) is 4.79 Å². The highest BCUT2D eigenvalue weighted by Crippen LogP contribution is 2.31. The van der Waals surface area contributed by atoms with Gasteiger partial charge in [-0.15, -0.1) is 13.2 Å². The zero-order chi connectivity index (χ0) is 13.1. The van der Waals surface area contributed by atoms with Crippen molar-refractivity contribution < 1.29 is 32.5 Å². The van der Waals surface area contributed by atoms with Crippen LogP contribution in [0.2, 0.25) is 0 Å². The Morgan fingerprint density at radius 3 is 2.53 bits per heavy atom. The molecule has 1 amide bonds. The minimum atomic E-state index is -4.84. The van der Waals surface area contributed by atoms with E-state index in [1.165, 1.54) is 7.11 Å². The molecule has 94 valence electrons. The molecule has 0 saturated carbocycles. The molecule has 0 atom stereocenters. The van der Waals surface area contributed by atoms with Crippen LogP contribution >= 0.6 is 0 Å². The topological polar surface area (TPSA) is 67.8 Å². The Balaban J connectivity index is 3.00. The monoisotopic (exact) mass is 251 g/mol. The van der Waals surface area contributed by atoms with Crippen LogP contribution in [-0.2, 0) is 0 Å². The molecule has 0 aliphatic rings. The molecule has 5 nitrogen and oxygen atoms in total. The van der Waals surface area contributed by atoms with Gasteiger partial charge in [-0.1, -0.05) is 0 Å². The van der Waals surface area contributed by atoms with Crippen molar-refractivity contribution in [2.45, 2.75) is 6.36 Å². The molecule has 0 aromatic heterocycles. The van der Waals surface area contributed by atoms with Crippen molar-refractivity contribution in [3.05, 3.63) is 18.2 Å². The Labute approximate surface area is 93.8 Å². The lowest BCUT2D eigenvalue weighted by Crippen LogP contribution is -2.17. The number of hydrogen-bond acceptors (Lipinski definition) is 3. The van der Waals surface area contributed by atoms with Crippen molar-refractivity contribution in [2.24, 2.45) is 0 Å². The first-order valence-corrected chi connectivity index (χ1v) is 4.25. The van der Waals surface area contributed by atoms with Gasteiger partial charge in [-0.2, -0.15) is 0 Å². The summed E-state index contributed by atoms with van der Waals surface area (Å²) in [5.41, 5.74) is -0.137. The third-order valence-electron chi connectivity index (χ3n) is 1.65. The van der Waals surface area contributed by atoms with Gasteiger partial charge in [0.2, 0.25) is 0 Å². The summed E-state index contributed by atoms with van der Waals surface area (Å²) in [4.78, 5) is 10.4. The van der Waals surface area contributed by atoms with Crippen LogP contribution in [0.1, 0.15) is 0 Å². The summed E-state index contributed by atoms with van der Waals surface area (Å²) in [5, 5.41) is 10.4. The molecule has 0 radical (unpaired) electrons. The highest BCUT2D eigenvalue weighted by atomic mass is 19.4. The number of methoxy groups -OCH3 is 1. The number of anilines is 1. The Bertz CT molecular complexity index is 419. The summed E-state index contributed by atoms with van der Waals surface area (Å²) in [6.45, 7) is 0. The van der Waals surface area contributed by atoms with E-state index in [0.29, 0.717) is 0 Å². The molecule has 0 unspecified atom stereocenters. The lowest BCUT2D eigenvalue weighted by molar-refractivity contribution is -0.274. The summed E-state index contributed by atoms with van der Waals surface area (Å²) in [5.74, 6) is -0.455. The van der Waals surface area contributed by atoms with E-state index in [1.54, 1.807) is 0 Å². The third-order valence-corrected chi connectivity index (χ3v) is 1.65. The van der Waals surface area contributed by atoms with Gasteiger partial charge in [-0.3, -0.25) is 5.32 Å². The quantitative estimate of drug-likeness (QED) is 0.866. The van der Waals surface area contributed by atoms with Crippen molar-refractivity contribution in [3.63, 3.8) is 0 Å². The Hall–Kier alpha value is -2.12. The summed E-state index contributed by atoms with van der Waals surface area (Å²) < 4.78 is 44.2. The van der Waals surface area contributed by atoms with Crippen LogP contribution in [0.3, 0.4) is 0 Å². The van der Waals surface area contributed by atoms with Crippen LogP contribution in [0.4, 0.5) is 23.7 Å². The molecular formula is C9H8F3NO4. The summed E-state index contributed by atoms with van der Waals surface area (Å²) in [6, 6.07) is 3.05. The van der Waals surface area contributed by atoms with Gasteiger partial charge < -0.3 is 14.6 Å². The molecule has 0 saturated heterocycles. The molecule has 1 aromatic rings. The maximum atomic E-state index is 11.9. The lowest BCUT2D eigenvalue weighted by Gasteiger charge is -2.12. The van der Waals surface area contributed by atoms with E-state index < -0.39 is 18.2 Å². The fraction of sp³-hybridized carbons (Fsp3) is 0.222. The second-order valence-corrected chi connectivity index (χ2v) is 2.84. The number of amides is 1. The molecule has 17 heavy (non-hydrogen) atoms. The van der Waals surface area contributed by atoms with Gasteiger partial charge in [0, 0.05) is 6.07 Å². The number of benzene rings is 1. The molecule has 0 spiro atoms. The SMILES string of the molecule is COc1ccc(OC(F)(F)F)cc1NC(=O)O. The highest BCUT2D eigenvalue weighted by molar-refractivity contribution is 5.85. The minimum absolute atomic E-state index is 0.0851. The Morgan fingerprint density at radius 1 is 1.41 bits per heavy atom. The van der Waals surface area contributed by atoms with Gasteiger partial charge >= 0.3 is 12.5 Å². The van der Waals surface area contributed by atoms with Crippen LogP contribution in [0.15, 0.2) is 18.2 Å². The zero-order valence-corrected chi connectivity index (χ0v) is 8.54. The average molecular weight is 251 g/mol. The predicted molar refractivity (Wildman–Crippen MR) is 51.3 cm³/mol. The van der Waals surface area contributed by atoms with Gasteiger partial charge in [-0.05, 0) is 12.1 Å². The van der Waals surface area contributed by atoms with Crippen molar-refractivity contribution in [2.75, 3.05) is 12.4 Å². The van der Waals surface area contributed by atoms with Gasteiger partial charge in [0.25, 0.3) is 0 Å². The maximum absolute atomic E-state index is 11.9. The van der Waals surface area contributed by atoms with E-state index in [9.17, 15) is 18.0 Å². The number of halogens is 3. The van der Waals surface area contributed by atoms with Gasteiger partial charge in [0.1, 0.15) is 11.5 Å². The molecule has 0 fully saturated rings. The second-order valence-electron chi connectivity index (χ2n) is 2.84. The summed E-state index contributed by atoms with van der Waals surface area (Å²) in [7, 11) is 1.26. The molecule has 1 aromatic carbocycles. The number of hydrogen-bond donors (Lipinski definition) is 2. The molecule has 8 heteroatoms. The van der Waals surface area contributed by atoms with Crippen LogP contribution in [-0.4, -0.2) is 24.7 Å². The Kier molecular flexibility index (Phi) is 3.66. The number of rotatable bonds is 3. The van der Waals surface area contributed by atoms with Crippen molar-refractivity contribution in [3.8, 4) is 11.5 Å². The van der Waals surface area contributed by atoms with Crippen LogP contribution in [0.5, 0.6) is 11.5 Å². The number of alkyl halides is 3. The minimum Gasteiger partial charge on any atom is -0.495 e. The average Bonchev–Trinajstić information content (AvgIpc) is 2.14. The molecule has 0 bridgehead atoms. The Morgan fingerprint density at radius 2 is 2.06 bits per heavy atom. The molecule has 0 aliphatic carbocycles. The van der Waals surface area contributed by atoms with E-state index in [4.69, 9.17) is 9.84 Å². The van der Waals surface area contributed by atoms with Gasteiger partial charge in [0.15, 0.2) is 0 Å². The molecular weight excluding hydrogens is 243 g/mol. The lowest BCUT2D eigenvalue weighted by atomic mass is 10.2. The smallest absolute Gasteiger partial charge is 0.495 e. The van der Waals surface area contributed by atoms with Crippen molar-refractivity contribution >= 4 is 11.8 Å². The normalized spacial score (nSPS) is 10.8. The van der Waals surface area contributed by atoms with Crippen molar-refractivity contribution in [1.82, 2.24) is 0 Å². The van der Waals surface area contributed by atoms with Crippen molar-refractivity contribution in [1.29, 1.82) is 0 Å². The molecule has 0 aliphatic heterocycles. The number of ether oxygens (including phenoxy) is 2. The summed E-state index contributed by atoms with van der Waals surface area (Å²) >= 11 is 0. The van der Waals surface area contributed by atoms with Crippen LogP contribution in [0, 0.1) is 0 Å². The molecule has 0 heterocycles. The van der Waals surface area contributed by atoms with E-state index in [-0.39, 0.29) is 11.4 Å². The largest absolute Gasteiger partial charge is 0.573 e. The second kappa shape index (κ2) is 4.81. The molecule has 1 rings (SSSR count). The first kappa shape index (κ1) is 12.9. The number of carboxylic acid groups (broad SMARTS) is 1. The molecule has 2 N–H and O–H groups in total. The van der Waals surface area contributed by atoms with E-state index in [0.717, 1.165) is 18.2 Å². The third kappa shape index (κ3) is 4.09. The number of carbonyl (C=O) groups is 1. The first-order chi connectivity index (χ1) is 7.81. The van der Waals surface area contributed by atoms with E-state index in [1.807, 2.05) is 5.32 Å². The zero-order valence-electron chi connectivity index (χ0n) is 8.54. The van der Waals surface area contributed by atoms with E-state index >= 15 is 0 Å². The first-order valence-electron chi connectivity index (χ1n) is 4.25. The van der Waals surface area contributed by atoms with E-state index in [2.05, 4.69) is 4.74 Å². The summed E-state index contributed by atoms with van der Waals surface area (Å²) in [6.07, 6.45) is -6.26. The van der Waals surface area contributed by atoms with Gasteiger partial charge in [0.05, 0.1) is 12.8 Å². The van der Waals surface area contributed by atoms with Crippen LogP contribution in [0.25, 0.3) is 0 Å². The maximum Gasteiger partial charge on any atom is 0.573 e.